The van der Waals surface area contributed by atoms with Crippen LogP contribution in [-0.2, 0) is 0 Å². The molecule has 0 radical (unpaired) electrons. The van der Waals surface area contributed by atoms with Crippen molar-refractivity contribution in [2.45, 2.75) is 18.2 Å². The molecule has 1 heterocycles. The first-order valence-electron chi connectivity index (χ1n) is 6.44. The fourth-order valence-corrected chi connectivity index (χ4v) is 2.16. The highest BCUT2D eigenvalue weighted by atomic mass is 32.2. The van der Waals surface area contributed by atoms with Crippen LogP contribution in [0.2, 0.25) is 0 Å². The summed E-state index contributed by atoms with van der Waals surface area (Å²) in [6, 6.07) is 14.3. The van der Waals surface area contributed by atoms with E-state index in [1.807, 2.05) is 30.3 Å². The molecule has 2 aromatic rings. The minimum absolute atomic E-state index is 0.861. The number of benzene rings is 1. The second-order valence-electron chi connectivity index (χ2n) is 4.19. The average molecular weight is 273 g/mol. The van der Waals surface area contributed by atoms with Crippen molar-refractivity contribution < 1.29 is 0 Å². The third-order valence-electron chi connectivity index (χ3n) is 2.65. The van der Waals surface area contributed by atoms with Crippen LogP contribution in [-0.4, -0.2) is 17.8 Å². The van der Waals surface area contributed by atoms with Gasteiger partial charge in [0.05, 0.1) is 0 Å². The second kappa shape index (κ2) is 7.04. The first kappa shape index (κ1) is 13.7. The summed E-state index contributed by atoms with van der Waals surface area (Å²) in [6.45, 7) is 3.08. The molecule has 0 atom stereocenters. The maximum Gasteiger partial charge on any atom is 0.132 e. The molecule has 0 aliphatic heterocycles. The van der Waals surface area contributed by atoms with Gasteiger partial charge in [-0.05, 0) is 43.0 Å². The topological polar surface area (TPSA) is 37.0 Å². The standard InChI is InChI=1S/C15H19N3S/c1-3-10-16-14-8-5-9-15(18-14)17-12-6-4-7-13(11-12)19-2/h4-9,11H,3,10H2,1-2H3,(H2,16,17,18). The summed E-state index contributed by atoms with van der Waals surface area (Å²) >= 11 is 1.74. The lowest BCUT2D eigenvalue weighted by Gasteiger charge is -2.09. The number of nitrogens with one attached hydrogen (secondary N) is 2. The predicted molar refractivity (Wildman–Crippen MR) is 84.5 cm³/mol. The highest BCUT2D eigenvalue weighted by Crippen LogP contribution is 2.22. The molecule has 0 aliphatic carbocycles. The van der Waals surface area contributed by atoms with Gasteiger partial charge in [-0.25, -0.2) is 4.98 Å². The Hall–Kier alpha value is -1.68. The normalized spacial score (nSPS) is 10.2. The van der Waals surface area contributed by atoms with Crippen LogP contribution < -0.4 is 10.6 Å². The monoisotopic (exact) mass is 273 g/mol. The van der Waals surface area contributed by atoms with Gasteiger partial charge in [-0.15, -0.1) is 11.8 Å². The van der Waals surface area contributed by atoms with E-state index < -0.39 is 0 Å². The first-order valence-corrected chi connectivity index (χ1v) is 7.66. The molecule has 3 nitrogen and oxygen atoms in total. The number of hydrogen-bond donors (Lipinski definition) is 2. The summed E-state index contributed by atoms with van der Waals surface area (Å²) in [7, 11) is 0. The highest BCUT2D eigenvalue weighted by molar-refractivity contribution is 7.98. The van der Waals surface area contributed by atoms with E-state index in [1.165, 1.54) is 4.90 Å². The molecule has 0 saturated heterocycles. The molecule has 1 aromatic carbocycles. The van der Waals surface area contributed by atoms with Crippen molar-refractivity contribution in [1.82, 2.24) is 4.98 Å². The van der Waals surface area contributed by atoms with Crippen LogP contribution in [0.15, 0.2) is 47.4 Å². The van der Waals surface area contributed by atoms with Gasteiger partial charge in [-0.2, -0.15) is 0 Å². The van der Waals surface area contributed by atoms with E-state index in [0.29, 0.717) is 0 Å². The van der Waals surface area contributed by atoms with Crippen molar-refractivity contribution in [2.75, 3.05) is 23.4 Å². The summed E-state index contributed by atoms with van der Waals surface area (Å²) in [5.74, 6) is 1.77. The molecular formula is C15H19N3S. The van der Waals surface area contributed by atoms with Gasteiger partial charge in [0.25, 0.3) is 0 Å². The number of nitrogens with zero attached hydrogens (tertiary/aromatic N) is 1. The third-order valence-corrected chi connectivity index (χ3v) is 3.37. The molecule has 2 rings (SSSR count). The van der Waals surface area contributed by atoms with Gasteiger partial charge in [0.1, 0.15) is 11.6 Å². The third kappa shape index (κ3) is 4.17. The van der Waals surface area contributed by atoms with Crippen LogP contribution in [0.3, 0.4) is 0 Å². The number of anilines is 3. The molecule has 19 heavy (non-hydrogen) atoms. The summed E-state index contributed by atoms with van der Waals surface area (Å²) < 4.78 is 0. The lowest BCUT2D eigenvalue weighted by molar-refractivity contribution is 0.970. The summed E-state index contributed by atoms with van der Waals surface area (Å²) in [5.41, 5.74) is 1.06. The Morgan fingerprint density at radius 3 is 2.68 bits per heavy atom. The van der Waals surface area contributed by atoms with Crippen molar-refractivity contribution in [3.63, 3.8) is 0 Å². The van der Waals surface area contributed by atoms with Crippen LogP contribution >= 0.6 is 11.8 Å². The molecule has 2 N–H and O–H groups in total. The molecule has 0 saturated carbocycles. The summed E-state index contributed by atoms with van der Waals surface area (Å²) in [6.07, 6.45) is 3.17. The van der Waals surface area contributed by atoms with Gasteiger partial charge in [-0.3, -0.25) is 0 Å². The predicted octanol–water partition coefficient (Wildman–Crippen LogP) is 4.37. The highest BCUT2D eigenvalue weighted by Gasteiger charge is 1.99. The minimum Gasteiger partial charge on any atom is -0.370 e. The van der Waals surface area contributed by atoms with Crippen LogP contribution in [0.5, 0.6) is 0 Å². The lowest BCUT2D eigenvalue weighted by atomic mass is 10.3. The maximum atomic E-state index is 4.53. The number of aromatic nitrogens is 1. The Labute approximate surface area is 118 Å². The minimum atomic E-state index is 0.861. The molecule has 0 amide bonds. The van der Waals surface area contributed by atoms with Gasteiger partial charge in [0.2, 0.25) is 0 Å². The van der Waals surface area contributed by atoms with Crippen molar-refractivity contribution >= 4 is 29.1 Å². The Morgan fingerprint density at radius 2 is 1.89 bits per heavy atom. The van der Waals surface area contributed by atoms with E-state index in [1.54, 1.807) is 11.8 Å². The van der Waals surface area contributed by atoms with E-state index in [2.05, 4.69) is 40.9 Å². The van der Waals surface area contributed by atoms with E-state index in [9.17, 15) is 0 Å². The summed E-state index contributed by atoms with van der Waals surface area (Å²) in [4.78, 5) is 5.77. The van der Waals surface area contributed by atoms with Crippen molar-refractivity contribution in [3.05, 3.63) is 42.5 Å². The van der Waals surface area contributed by atoms with Crippen LogP contribution in [0.4, 0.5) is 17.3 Å². The lowest BCUT2D eigenvalue weighted by Crippen LogP contribution is -2.03. The van der Waals surface area contributed by atoms with Crippen LogP contribution in [0.25, 0.3) is 0 Å². The smallest absolute Gasteiger partial charge is 0.132 e. The molecule has 4 heteroatoms. The quantitative estimate of drug-likeness (QED) is 0.766. The number of thioether (sulfide) groups is 1. The largest absolute Gasteiger partial charge is 0.370 e. The molecular weight excluding hydrogens is 254 g/mol. The van der Waals surface area contributed by atoms with Crippen molar-refractivity contribution in [1.29, 1.82) is 0 Å². The molecule has 0 spiro atoms. The number of rotatable bonds is 6. The van der Waals surface area contributed by atoms with Gasteiger partial charge in [0.15, 0.2) is 0 Å². The Bertz CT molecular complexity index is 528. The summed E-state index contributed by atoms with van der Waals surface area (Å²) in [5, 5.41) is 6.62. The Morgan fingerprint density at radius 1 is 1.11 bits per heavy atom. The van der Waals surface area contributed by atoms with Gasteiger partial charge in [0, 0.05) is 17.1 Å². The van der Waals surface area contributed by atoms with E-state index in [-0.39, 0.29) is 0 Å². The fraction of sp³-hybridized carbons (Fsp3) is 0.267. The number of pyridine rings is 1. The van der Waals surface area contributed by atoms with Crippen LogP contribution in [0, 0.1) is 0 Å². The van der Waals surface area contributed by atoms with Gasteiger partial charge < -0.3 is 10.6 Å². The first-order chi connectivity index (χ1) is 9.31. The van der Waals surface area contributed by atoms with Gasteiger partial charge >= 0.3 is 0 Å². The molecule has 1 aromatic heterocycles. The van der Waals surface area contributed by atoms with E-state index >= 15 is 0 Å². The zero-order valence-electron chi connectivity index (χ0n) is 11.3. The molecule has 0 fully saturated rings. The molecule has 0 bridgehead atoms. The van der Waals surface area contributed by atoms with Gasteiger partial charge in [-0.1, -0.05) is 19.1 Å². The molecule has 0 aliphatic rings. The zero-order valence-corrected chi connectivity index (χ0v) is 12.1. The maximum absolute atomic E-state index is 4.53. The van der Waals surface area contributed by atoms with E-state index in [0.717, 1.165) is 30.3 Å². The number of hydrogen-bond acceptors (Lipinski definition) is 4. The molecule has 0 unspecified atom stereocenters. The second-order valence-corrected chi connectivity index (χ2v) is 5.07. The average Bonchev–Trinajstić information content (AvgIpc) is 2.46. The van der Waals surface area contributed by atoms with E-state index in [4.69, 9.17) is 0 Å². The Balaban J connectivity index is 2.09. The zero-order chi connectivity index (χ0) is 13.5. The Kier molecular flexibility index (Phi) is 5.10. The SMILES string of the molecule is CCCNc1cccc(Nc2cccc(SC)c2)n1. The molecule has 100 valence electrons. The van der Waals surface area contributed by atoms with Crippen molar-refractivity contribution in [3.8, 4) is 0 Å². The van der Waals surface area contributed by atoms with Crippen molar-refractivity contribution in [2.24, 2.45) is 0 Å². The van der Waals surface area contributed by atoms with Crippen LogP contribution in [0.1, 0.15) is 13.3 Å². The fourth-order valence-electron chi connectivity index (χ4n) is 1.70.